The van der Waals surface area contributed by atoms with Gasteiger partial charge in [0.2, 0.25) is 0 Å². The lowest BCUT2D eigenvalue weighted by Gasteiger charge is -2.60. The Kier molecular flexibility index (Phi) is 8.61. The molecule has 4 aliphatic carbocycles. The van der Waals surface area contributed by atoms with Crippen LogP contribution in [-0.4, -0.2) is 53.7 Å². The summed E-state index contributed by atoms with van der Waals surface area (Å²) >= 11 is 0. The van der Waals surface area contributed by atoms with Crippen LogP contribution in [0.5, 0.6) is 0 Å². The number of rotatable bonds is 8. The van der Waals surface area contributed by atoms with Crippen molar-refractivity contribution >= 4 is 23.7 Å². The van der Waals surface area contributed by atoms with Gasteiger partial charge in [-0.1, -0.05) is 53.7 Å². The fraction of sp³-hybridized carbons (Fsp3) is 0.737. The van der Waals surface area contributed by atoms with Gasteiger partial charge in [0.15, 0.2) is 5.78 Å². The van der Waals surface area contributed by atoms with Gasteiger partial charge in [0, 0.05) is 28.4 Å². The van der Waals surface area contributed by atoms with Crippen molar-refractivity contribution in [3.05, 3.63) is 34.4 Å². The molecule has 0 amide bonds. The van der Waals surface area contributed by atoms with Crippen LogP contribution >= 0.6 is 0 Å². The van der Waals surface area contributed by atoms with Gasteiger partial charge in [0.05, 0.1) is 25.6 Å². The number of methoxy groups -OCH3 is 1. The lowest BCUT2D eigenvalue weighted by molar-refractivity contribution is -0.174. The molecule has 8 heteroatoms. The van der Waals surface area contributed by atoms with E-state index in [0.29, 0.717) is 24.7 Å². The van der Waals surface area contributed by atoms with Crippen molar-refractivity contribution in [1.82, 2.24) is 0 Å². The minimum atomic E-state index is -1.57. The zero-order valence-corrected chi connectivity index (χ0v) is 29.5. The smallest absolute Gasteiger partial charge is 0.334 e. The van der Waals surface area contributed by atoms with Crippen molar-refractivity contribution in [2.45, 2.75) is 131 Å². The number of cyclic esters (lactones) is 1. The molecule has 1 aliphatic heterocycles. The molecule has 1 heterocycles. The molecule has 46 heavy (non-hydrogen) atoms. The molecule has 5 aliphatic rings. The van der Waals surface area contributed by atoms with E-state index in [0.717, 1.165) is 48.0 Å². The molecule has 0 radical (unpaired) electrons. The van der Waals surface area contributed by atoms with Gasteiger partial charge in [-0.2, -0.15) is 0 Å². The number of carbonyl (C=O) groups excluding carboxylic acids is 4. The van der Waals surface area contributed by atoms with E-state index in [9.17, 15) is 24.3 Å². The van der Waals surface area contributed by atoms with Gasteiger partial charge < -0.3 is 19.3 Å². The van der Waals surface area contributed by atoms with E-state index in [1.807, 2.05) is 13.8 Å². The van der Waals surface area contributed by atoms with Crippen LogP contribution in [-0.2, 0) is 33.4 Å². The minimum absolute atomic E-state index is 0.0304. The van der Waals surface area contributed by atoms with Crippen molar-refractivity contribution in [2.75, 3.05) is 7.11 Å². The van der Waals surface area contributed by atoms with Gasteiger partial charge in [-0.3, -0.25) is 14.4 Å². The summed E-state index contributed by atoms with van der Waals surface area (Å²) < 4.78 is 16.4. The maximum absolute atomic E-state index is 14.4. The number of hydrogen-bond acceptors (Lipinski definition) is 8. The number of Topliss-reactive ketones (excluding diaryl/α,β-unsaturated/α-hetero) is 1. The number of aliphatic hydroxyl groups is 1. The second-order valence-electron chi connectivity index (χ2n) is 16.7. The molecule has 254 valence electrons. The molecule has 0 aromatic heterocycles. The minimum Gasteiger partial charge on any atom is -0.469 e. The van der Waals surface area contributed by atoms with Crippen LogP contribution < -0.4 is 0 Å². The molecule has 0 aromatic carbocycles. The Balaban J connectivity index is 1.37. The Labute approximate surface area is 274 Å². The van der Waals surface area contributed by atoms with Gasteiger partial charge in [-0.15, -0.1) is 0 Å². The number of allylic oxidation sites excluding steroid dienone is 4. The number of hydrogen-bond donors (Lipinski definition) is 1. The monoisotopic (exact) mass is 638 g/mol. The van der Waals surface area contributed by atoms with Gasteiger partial charge in [0.1, 0.15) is 12.2 Å². The highest BCUT2D eigenvalue weighted by atomic mass is 16.6. The summed E-state index contributed by atoms with van der Waals surface area (Å²) in [7, 11) is 1.24. The molecule has 0 saturated heterocycles. The van der Waals surface area contributed by atoms with Crippen molar-refractivity contribution in [2.24, 2.45) is 39.4 Å². The number of ketones is 1. The Morgan fingerprint density at radius 2 is 1.72 bits per heavy atom. The summed E-state index contributed by atoms with van der Waals surface area (Å²) in [6.07, 6.45) is 7.97. The summed E-state index contributed by atoms with van der Waals surface area (Å²) in [5, 5.41) is 10.6. The topological polar surface area (TPSA) is 116 Å². The second-order valence-corrected chi connectivity index (χ2v) is 16.7. The van der Waals surface area contributed by atoms with Crippen LogP contribution in [0, 0.1) is 39.4 Å². The van der Waals surface area contributed by atoms with E-state index in [-0.39, 0.29) is 52.9 Å². The third-order valence-corrected chi connectivity index (χ3v) is 13.5. The fourth-order valence-corrected chi connectivity index (χ4v) is 10.3. The fourth-order valence-electron chi connectivity index (χ4n) is 10.3. The maximum Gasteiger partial charge on any atom is 0.334 e. The van der Waals surface area contributed by atoms with E-state index in [2.05, 4.69) is 58.4 Å². The highest BCUT2D eigenvalue weighted by molar-refractivity contribution is 6.00. The molecule has 1 N–H and O–H groups in total. The first-order chi connectivity index (χ1) is 21.2. The average molecular weight is 639 g/mol. The van der Waals surface area contributed by atoms with Crippen LogP contribution in [0.25, 0.3) is 0 Å². The summed E-state index contributed by atoms with van der Waals surface area (Å²) in [5.41, 5.74) is 1.08. The van der Waals surface area contributed by atoms with Gasteiger partial charge in [0.25, 0.3) is 0 Å². The van der Waals surface area contributed by atoms with E-state index in [1.54, 1.807) is 0 Å². The molecule has 9 atom stereocenters. The van der Waals surface area contributed by atoms with E-state index >= 15 is 0 Å². The van der Waals surface area contributed by atoms with Crippen LogP contribution in [0.1, 0.15) is 114 Å². The Bertz CT molecular complexity index is 1430. The second kappa shape index (κ2) is 11.5. The normalized spacial score (nSPS) is 38.4. The molecule has 0 unspecified atom stereocenters. The first-order valence-electron chi connectivity index (χ1n) is 17.1. The number of esters is 3. The molecule has 2 saturated carbocycles. The van der Waals surface area contributed by atoms with Gasteiger partial charge in [-0.25, -0.2) is 4.79 Å². The molecule has 0 spiro atoms. The Morgan fingerprint density at radius 3 is 2.33 bits per heavy atom. The molecular formula is C38H54O8. The van der Waals surface area contributed by atoms with Crippen molar-refractivity contribution < 1.29 is 38.5 Å². The molecule has 8 nitrogen and oxygen atoms in total. The predicted octanol–water partition coefficient (Wildman–Crippen LogP) is 6.59. The zero-order chi connectivity index (χ0) is 34.2. The van der Waals surface area contributed by atoms with Crippen LogP contribution in [0.3, 0.4) is 0 Å². The van der Waals surface area contributed by atoms with E-state index < -0.39 is 29.1 Å². The zero-order valence-electron chi connectivity index (χ0n) is 29.5. The van der Waals surface area contributed by atoms with Crippen molar-refractivity contribution in [1.29, 1.82) is 0 Å². The molecule has 2 fully saturated rings. The Morgan fingerprint density at radius 1 is 1.07 bits per heavy atom. The summed E-state index contributed by atoms with van der Waals surface area (Å²) in [6, 6.07) is 0. The average Bonchev–Trinajstić information content (AvgIpc) is 3.37. The SMILES string of the molecule is COC(=O)C[C@](C)(O)CC(=O)O[C@@H]1CC[C@]2(C)C3=C(C(=O)C[C@H]2C1(C)C)[C@]1(C)CC[C@H]([C@H](C)C[C@H]2OC(=O)C(C)=C2C)[C@@]1(C)C=C3. The number of ether oxygens (including phenoxy) is 3. The summed E-state index contributed by atoms with van der Waals surface area (Å²) in [4.78, 5) is 51.3. The Hall–Kier alpha value is -2.74. The van der Waals surface area contributed by atoms with Crippen LogP contribution in [0.15, 0.2) is 34.4 Å². The summed E-state index contributed by atoms with van der Waals surface area (Å²) in [6.45, 7) is 18.6. The third kappa shape index (κ3) is 5.31. The molecular weight excluding hydrogens is 584 g/mol. The maximum atomic E-state index is 14.4. The van der Waals surface area contributed by atoms with Crippen molar-refractivity contribution in [3.63, 3.8) is 0 Å². The number of fused-ring (bicyclic) bond motifs is 4. The van der Waals surface area contributed by atoms with Crippen molar-refractivity contribution in [3.8, 4) is 0 Å². The van der Waals surface area contributed by atoms with Gasteiger partial charge >= 0.3 is 17.9 Å². The molecule has 0 bridgehead atoms. The lowest BCUT2D eigenvalue weighted by Crippen LogP contribution is -2.57. The predicted molar refractivity (Wildman–Crippen MR) is 173 cm³/mol. The first kappa shape index (κ1) is 34.6. The summed E-state index contributed by atoms with van der Waals surface area (Å²) in [5.74, 6) is -0.545. The lowest BCUT2D eigenvalue weighted by atomic mass is 9.44. The standard InChI is InChI=1S/C38H54O8/c1-21(17-27-22(2)23(3)33(42)45-27)24-11-16-38(9)32-25(12-15-37(24,38)8)36(7)14-13-29(34(4,5)28(36)18-26(32)39)46-31(41)20-35(6,43)19-30(40)44-10/h12,15,21,24,27-29,43H,11,13-14,16-20H2,1-10H3/t21-,24-,27-,28+,29-,35+,36-,37-,38+/m1/s1. The first-order valence-corrected chi connectivity index (χ1v) is 17.1. The highest BCUT2D eigenvalue weighted by Gasteiger charge is 2.64. The quantitative estimate of drug-likeness (QED) is 0.234. The van der Waals surface area contributed by atoms with E-state index in [1.165, 1.54) is 14.0 Å². The van der Waals surface area contributed by atoms with E-state index in [4.69, 9.17) is 9.47 Å². The van der Waals surface area contributed by atoms with Gasteiger partial charge in [-0.05, 0) is 92.6 Å². The third-order valence-electron chi connectivity index (χ3n) is 13.5. The largest absolute Gasteiger partial charge is 0.469 e. The van der Waals surface area contributed by atoms with Crippen LogP contribution in [0.2, 0.25) is 0 Å². The highest BCUT2D eigenvalue weighted by Crippen LogP contribution is 2.70. The molecule has 0 aromatic rings. The molecule has 5 rings (SSSR count). The number of carbonyl (C=O) groups is 4. The van der Waals surface area contributed by atoms with Crippen LogP contribution in [0.4, 0.5) is 0 Å².